The first kappa shape index (κ1) is 10.9. The van der Waals surface area contributed by atoms with Crippen LogP contribution in [0.25, 0.3) is 0 Å². The molecule has 0 spiro atoms. The van der Waals surface area contributed by atoms with Crippen molar-refractivity contribution in [3.63, 3.8) is 0 Å². The van der Waals surface area contributed by atoms with Crippen LogP contribution in [0.3, 0.4) is 0 Å². The van der Waals surface area contributed by atoms with E-state index in [1.807, 2.05) is 6.07 Å². The van der Waals surface area contributed by atoms with Crippen LogP contribution in [0.15, 0.2) is 30.2 Å². The van der Waals surface area contributed by atoms with Crippen LogP contribution in [0.4, 0.5) is 0 Å². The van der Waals surface area contributed by atoms with E-state index in [4.69, 9.17) is 0 Å². The minimum absolute atomic E-state index is 0.202. The normalized spacial score (nSPS) is 12.2. The number of nitrogens with one attached hydrogen (secondary N) is 1. The average Bonchev–Trinajstić information content (AvgIpc) is 2.18. The van der Waals surface area contributed by atoms with Crippen molar-refractivity contribution >= 4 is 0 Å². The molecule has 76 valence electrons. The molecule has 3 heteroatoms. The summed E-state index contributed by atoms with van der Waals surface area (Å²) in [7, 11) is 0. The molecule has 1 rings (SSSR count). The van der Waals surface area contributed by atoms with Crippen molar-refractivity contribution in [1.82, 2.24) is 15.3 Å². The molecule has 0 radical (unpaired) electrons. The topological polar surface area (TPSA) is 37.8 Å². The van der Waals surface area contributed by atoms with Gasteiger partial charge in [0.2, 0.25) is 0 Å². The zero-order chi connectivity index (χ0) is 10.4. The quantitative estimate of drug-likeness (QED) is 0.740. The lowest BCUT2D eigenvalue weighted by molar-refractivity contribution is 0.627. The van der Waals surface area contributed by atoms with E-state index in [9.17, 15) is 0 Å². The standard InChI is InChI=1S/C11H17N3/c1-4-13-11(7-9(2)3)10-5-6-12-8-14-10/h5-8,11,13H,4H2,1-3H3. The Morgan fingerprint density at radius 1 is 1.57 bits per heavy atom. The van der Waals surface area contributed by atoms with E-state index < -0.39 is 0 Å². The van der Waals surface area contributed by atoms with Gasteiger partial charge < -0.3 is 5.32 Å². The molecular weight excluding hydrogens is 174 g/mol. The van der Waals surface area contributed by atoms with E-state index in [0.717, 1.165) is 12.2 Å². The second kappa shape index (κ2) is 5.50. The van der Waals surface area contributed by atoms with Crippen molar-refractivity contribution < 1.29 is 0 Å². The summed E-state index contributed by atoms with van der Waals surface area (Å²) in [5, 5.41) is 3.36. The van der Waals surface area contributed by atoms with Gasteiger partial charge in [0.25, 0.3) is 0 Å². The number of allylic oxidation sites excluding steroid dienone is 1. The highest BCUT2D eigenvalue weighted by molar-refractivity contribution is 5.14. The van der Waals surface area contributed by atoms with Gasteiger partial charge in [-0.2, -0.15) is 0 Å². The maximum Gasteiger partial charge on any atom is 0.115 e. The zero-order valence-electron chi connectivity index (χ0n) is 8.99. The molecule has 0 aliphatic rings. The molecule has 0 saturated carbocycles. The van der Waals surface area contributed by atoms with Gasteiger partial charge in [-0.15, -0.1) is 0 Å². The summed E-state index contributed by atoms with van der Waals surface area (Å²) in [5.41, 5.74) is 2.30. The smallest absolute Gasteiger partial charge is 0.115 e. The van der Waals surface area contributed by atoms with Gasteiger partial charge in [0.15, 0.2) is 0 Å². The third-order valence-corrected chi connectivity index (χ3v) is 1.85. The number of aromatic nitrogens is 2. The molecule has 0 saturated heterocycles. The molecule has 1 unspecified atom stereocenters. The maximum atomic E-state index is 4.23. The largest absolute Gasteiger partial charge is 0.306 e. The van der Waals surface area contributed by atoms with E-state index in [1.165, 1.54) is 5.57 Å². The van der Waals surface area contributed by atoms with Crippen LogP contribution in [0.2, 0.25) is 0 Å². The van der Waals surface area contributed by atoms with Crippen LogP contribution in [0.5, 0.6) is 0 Å². The van der Waals surface area contributed by atoms with Crippen LogP contribution < -0.4 is 5.32 Å². The fourth-order valence-electron chi connectivity index (χ4n) is 1.29. The predicted molar refractivity (Wildman–Crippen MR) is 57.9 cm³/mol. The number of likely N-dealkylation sites (N-methyl/N-ethyl adjacent to an activating group) is 1. The molecule has 1 aromatic rings. The molecule has 0 amide bonds. The molecule has 0 aliphatic heterocycles. The van der Waals surface area contributed by atoms with Gasteiger partial charge in [0.1, 0.15) is 6.33 Å². The van der Waals surface area contributed by atoms with Crippen molar-refractivity contribution in [2.75, 3.05) is 6.54 Å². The summed E-state index contributed by atoms with van der Waals surface area (Å²) in [6.07, 6.45) is 5.52. The average molecular weight is 191 g/mol. The van der Waals surface area contributed by atoms with Gasteiger partial charge in [0.05, 0.1) is 11.7 Å². The Morgan fingerprint density at radius 2 is 2.36 bits per heavy atom. The van der Waals surface area contributed by atoms with Crippen molar-refractivity contribution in [3.05, 3.63) is 35.9 Å². The van der Waals surface area contributed by atoms with E-state index in [-0.39, 0.29) is 6.04 Å². The van der Waals surface area contributed by atoms with Gasteiger partial charge in [-0.3, -0.25) is 0 Å². The Balaban J connectivity index is 2.83. The van der Waals surface area contributed by atoms with Crippen molar-refractivity contribution in [1.29, 1.82) is 0 Å². The minimum atomic E-state index is 0.202. The number of hydrogen-bond acceptors (Lipinski definition) is 3. The van der Waals surface area contributed by atoms with Crippen LogP contribution in [-0.2, 0) is 0 Å². The zero-order valence-corrected chi connectivity index (χ0v) is 8.99. The minimum Gasteiger partial charge on any atom is -0.306 e. The van der Waals surface area contributed by atoms with Gasteiger partial charge in [0, 0.05) is 6.20 Å². The van der Waals surface area contributed by atoms with Crippen LogP contribution in [0, 0.1) is 0 Å². The number of rotatable bonds is 4. The van der Waals surface area contributed by atoms with Crippen molar-refractivity contribution in [3.8, 4) is 0 Å². The lowest BCUT2D eigenvalue weighted by Crippen LogP contribution is -2.20. The molecule has 1 atom stereocenters. The van der Waals surface area contributed by atoms with Gasteiger partial charge in [-0.25, -0.2) is 9.97 Å². The molecule has 1 N–H and O–H groups in total. The van der Waals surface area contributed by atoms with Crippen molar-refractivity contribution in [2.45, 2.75) is 26.8 Å². The van der Waals surface area contributed by atoms with E-state index >= 15 is 0 Å². The molecule has 0 aliphatic carbocycles. The molecular formula is C11H17N3. The Hall–Kier alpha value is -1.22. The van der Waals surface area contributed by atoms with Crippen molar-refractivity contribution in [2.24, 2.45) is 0 Å². The molecule has 3 nitrogen and oxygen atoms in total. The molecule has 1 heterocycles. The summed E-state index contributed by atoms with van der Waals surface area (Å²) in [6, 6.07) is 2.14. The Bertz CT molecular complexity index is 289. The first-order chi connectivity index (χ1) is 6.74. The summed E-state index contributed by atoms with van der Waals surface area (Å²) in [4.78, 5) is 8.14. The first-order valence-corrected chi connectivity index (χ1v) is 4.88. The summed E-state index contributed by atoms with van der Waals surface area (Å²) >= 11 is 0. The maximum absolute atomic E-state index is 4.23. The summed E-state index contributed by atoms with van der Waals surface area (Å²) in [5.74, 6) is 0. The molecule has 0 bridgehead atoms. The predicted octanol–water partition coefficient (Wildman–Crippen LogP) is 2.09. The van der Waals surface area contributed by atoms with E-state index in [1.54, 1.807) is 12.5 Å². The SMILES string of the molecule is CCNC(C=C(C)C)c1ccncn1. The molecule has 0 fully saturated rings. The van der Waals surface area contributed by atoms with Crippen LogP contribution >= 0.6 is 0 Å². The van der Waals surface area contributed by atoms with E-state index in [0.29, 0.717) is 0 Å². The highest BCUT2D eigenvalue weighted by atomic mass is 14.9. The Kier molecular flexibility index (Phi) is 4.26. The van der Waals surface area contributed by atoms with Gasteiger partial charge in [-0.1, -0.05) is 18.6 Å². The van der Waals surface area contributed by atoms with Crippen LogP contribution in [0.1, 0.15) is 32.5 Å². The third kappa shape index (κ3) is 3.26. The lowest BCUT2D eigenvalue weighted by Gasteiger charge is -2.13. The Morgan fingerprint density at radius 3 is 2.86 bits per heavy atom. The highest BCUT2D eigenvalue weighted by Crippen LogP contribution is 2.12. The monoisotopic (exact) mass is 191 g/mol. The second-order valence-corrected chi connectivity index (χ2v) is 3.41. The lowest BCUT2D eigenvalue weighted by atomic mass is 10.1. The van der Waals surface area contributed by atoms with Gasteiger partial charge >= 0.3 is 0 Å². The molecule has 14 heavy (non-hydrogen) atoms. The number of nitrogens with zero attached hydrogens (tertiary/aromatic N) is 2. The van der Waals surface area contributed by atoms with Gasteiger partial charge in [-0.05, 0) is 26.5 Å². The fraction of sp³-hybridized carbons (Fsp3) is 0.455. The molecule has 1 aromatic heterocycles. The van der Waals surface area contributed by atoms with Crippen LogP contribution in [-0.4, -0.2) is 16.5 Å². The fourth-order valence-corrected chi connectivity index (χ4v) is 1.29. The van der Waals surface area contributed by atoms with E-state index in [2.05, 4.69) is 42.1 Å². The number of hydrogen-bond donors (Lipinski definition) is 1. The summed E-state index contributed by atoms with van der Waals surface area (Å²) < 4.78 is 0. The second-order valence-electron chi connectivity index (χ2n) is 3.41. The third-order valence-electron chi connectivity index (χ3n) is 1.85. The summed E-state index contributed by atoms with van der Waals surface area (Å²) in [6.45, 7) is 7.20. The Labute approximate surface area is 85.3 Å². The highest BCUT2D eigenvalue weighted by Gasteiger charge is 2.06. The first-order valence-electron chi connectivity index (χ1n) is 4.88. The molecule has 0 aromatic carbocycles.